The molecule has 0 unspecified atom stereocenters. The van der Waals surface area contributed by atoms with Crippen molar-refractivity contribution in [3.63, 3.8) is 0 Å². The van der Waals surface area contributed by atoms with E-state index in [1.165, 1.54) is 33.5 Å². The number of aryl methyl sites for hydroxylation is 1. The van der Waals surface area contributed by atoms with E-state index in [0.717, 1.165) is 5.56 Å². The Morgan fingerprint density at radius 3 is 2.22 bits per heavy atom. The summed E-state index contributed by atoms with van der Waals surface area (Å²) in [6, 6.07) is 10.1. The van der Waals surface area contributed by atoms with Crippen LogP contribution in [-0.4, -0.2) is 39.3 Å². The second-order valence-electron chi connectivity index (χ2n) is 5.81. The van der Waals surface area contributed by atoms with Crippen LogP contribution in [0.4, 0.5) is 5.69 Å². The largest absolute Gasteiger partial charge is 0.495 e. The van der Waals surface area contributed by atoms with E-state index >= 15 is 0 Å². The highest BCUT2D eigenvalue weighted by atomic mass is 16.5. The summed E-state index contributed by atoms with van der Waals surface area (Å²) < 4.78 is 20.9. The smallest absolute Gasteiger partial charge is 0.337 e. The van der Waals surface area contributed by atoms with Gasteiger partial charge in [-0.05, 0) is 49.7 Å². The molecule has 0 aliphatic heterocycles. The molecule has 0 saturated carbocycles. The average molecular weight is 373 g/mol. The van der Waals surface area contributed by atoms with Gasteiger partial charge in [-0.1, -0.05) is 6.07 Å². The monoisotopic (exact) mass is 373 g/mol. The first-order chi connectivity index (χ1) is 12.9. The number of amides is 1. The first-order valence-electron chi connectivity index (χ1n) is 8.28. The summed E-state index contributed by atoms with van der Waals surface area (Å²) in [5.41, 5.74) is 1.87. The molecule has 2 aromatic rings. The molecular formula is C20H23NO6. The summed E-state index contributed by atoms with van der Waals surface area (Å²) in [5.74, 6) is 0.381. The van der Waals surface area contributed by atoms with Gasteiger partial charge in [0.15, 0.2) is 17.6 Å². The molecule has 0 spiro atoms. The number of nitrogens with one attached hydrogen (secondary N) is 1. The van der Waals surface area contributed by atoms with Crippen LogP contribution in [0.15, 0.2) is 36.4 Å². The first-order valence-corrected chi connectivity index (χ1v) is 8.28. The van der Waals surface area contributed by atoms with E-state index in [1.807, 2.05) is 19.1 Å². The lowest BCUT2D eigenvalue weighted by molar-refractivity contribution is -0.122. The lowest BCUT2D eigenvalue weighted by atomic mass is 10.2. The molecule has 0 heterocycles. The predicted molar refractivity (Wildman–Crippen MR) is 101 cm³/mol. The van der Waals surface area contributed by atoms with E-state index in [2.05, 4.69) is 10.1 Å². The summed E-state index contributed by atoms with van der Waals surface area (Å²) in [7, 11) is 4.28. The van der Waals surface area contributed by atoms with Gasteiger partial charge in [-0.2, -0.15) is 0 Å². The normalized spacial score (nSPS) is 11.3. The minimum absolute atomic E-state index is 0.323. The van der Waals surface area contributed by atoms with Gasteiger partial charge in [-0.15, -0.1) is 0 Å². The molecule has 2 aromatic carbocycles. The Morgan fingerprint density at radius 1 is 0.926 bits per heavy atom. The topological polar surface area (TPSA) is 83.1 Å². The molecule has 1 amide bonds. The maximum absolute atomic E-state index is 12.5. The number of rotatable bonds is 7. The van der Waals surface area contributed by atoms with Gasteiger partial charge in [0.2, 0.25) is 0 Å². The Labute approximate surface area is 158 Å². The quantitative estimate of drug-likeness (QED) is 0.751. The van der Waals surface area contributed by atoms with E-state index in [-0.39, 0.29) is 5.91 Å². The van der Waals surface area contributed by atoms with Gasteiger partial charge in [0.1, 0.15) is 5.75 Å². The molecule has 0 fully saturated rings. The van der Waals surface area contributed by atoms with E-state index < -0.39 is 12.1 Å². The minimum atomic E-state index is -0.812. The molecule has 0 bridgehead atoms. The van der Waals surface area contributed by atoms with Crippen molar-refractivity contribution in [3.8, 4) is 17.2 Å². The number of carbonyl (C=O) groups excluding carboxylic acids is 2. The summed E-state index contributed by atoms with van der Waals surface area (Å²) in [4.78, 5) is 24.1. The Hall–Kier alpha value is -3.22. The van der Waals surface area contributed by atoms with E-state index in [1.54, 1.807) is 19.1 Å². The van der Waals surface area contributed by atoms with E-state index in [4.69, 9.17) is 14.2 Å². The summed E-state index contributed by atoms with van der Waals surface area (Å²) >= 11 is 0. The summed E-state index contributed by atoms with van der Waals surface area (Å²) in [6.45, 7) is 3.54. The molecule has 0 aliphatic rings. The second kappa shape index (κ2) is 8.93. The zero-order valence-corrected chi connectivity index (χ0v) is 16.0. The molecule has 1 N–H and O–H groups in total. The molecule has 27 heavy (non-hydrogen) atoms. The van der Waals surface area contributed by atoms with Crippen LogP contribution in [0.2, 0.25) is 0 Å². The van der Waals surface area contributed by atoms with Crippen molar-refractivity contribution in [2.75, 3.05) is 26.6 Å². The molecule has 0 aliphatic carbocycles. The fourth-order valence-corrected chi connectivity index (χ4v) is 2.41. The highest BCUT2D eigenvalue weighted by molar-refractivity contribution is 5.95. The van der Waals surface area contributed by atoms with Gasteiger partial charge in [0.25, 0.3) is 5.91 Å². The van der Waals surface area contributed by atoms with E-state index in [0.29, 0.717) is 28.5 Å². The van der Waals surface area contributed by atoms with E-state index in [9.17, 15) is 9.59 Å². The molecule has 0 saturated heterocycles. The summed E-state index contributed by atoms with van der Waals surface area (Å²) in [6.07, 6.45) is -0.812. The molecular weight excluding hydrogens is 350 g/mol. The number of hydrogen-bond acceptors (Lipinski definition) is 6. The van der Waals surface area contributed by atoms with Crippen molar-refractivity contribution < 1.29 is 28.5 Å². The fourth-order valence-electron chi connectivity index (χ4n) is 2.41. The van der Waals surface area contributed by atoms with Crippen LogP contribution in [0.1, 0.15) is 22.8 Å². The van der Waals surface area contributed by atoms with Crippen molar-refractivity contribution in [2.45, 2.75) is 20.0 Å². The zero-order valence-electron chi connectivity index (χ0n) is 16.0. The van der Waals surface area contributed by atoms with Gasteiger partial charge in [0.05, 0.1) is 32.6 Å². The molecule has 7 nitrogen and oxygen atoms in total. The van der Waals surface area contributed by atoms with Crippen LogP contribution in [0.25, 0.3) is 0 Å². The van der Waals surface area contributed by atoms with Gasteiger partial charge >= 0.3 is 5.97 Å². The van der Waals surface area contributed by atoms with Gasteiger partial charge in [0, 0.05) is 0 Å². The third-order valence-corrected chi connectivity index (χ3v) is 3.87. The zero-order chi connectivity index (χ0) is 20.0. The number of hydrogen-bond donors (Lipinski definition) is 1. The maximum atomic E-state index is 12.5. The van der Waals surface area contributed by atoms with Crippen molar-refractivity contribution >= 4 is 17.6 Å². The molecule has 7 heteroatoms. The third kappa shape index (κ3) is 4.91. The van der Waals surface area contributed by atoms with Gasteiger partial charge in [-0.3, -0.25) is 4.79 Å². The molecule has 2 rings (SSSR count). The SMILES string of the molecule is COC(=O)c1ccc(O[C@H](C)C(=O)Nc2cc(C)ccc2OC)c(OC)c1. The third-order valence-electron chi connectivity index (χ3n) is 3.87. The summed E-state index contributed by atoms with van der Waals surface area (Å²) in [5, 5.41) is 2.79. The lowest BCUT2D eigenvalue weighted by Crippen LogP contribution is -2.30. The first kappa shape index (κ1) is 20.1. The van der Waals surface area contributed by atoms with Crippen LogP contribution >= 0.6 is 0 Å². The Balaban J connectivity index is 2.14. The standard InChI is InChI=1S/C20H23NO6/c1-12-6-8-16(24-3)15(10-12)21-19(22)13(2)27-17-9-7-14(20(23)26-5)11-18(17)25-4/h6-11,13H,1-5H3,(H,21,22)/t13-/m1/s1. The Bertz CT molecular complexity index is 833. The van der Waals surface area contributed by atoms with Crippen molar-refractivity contribution in [1.29, 1.82) is 0 Å². The highest BCUT2D eigenvalue weighted by Crippen LogP contribution is 2.30. The van der Waals surface area contributed by atoms with Crippen LogP contribution < -0.4 is 19.5 Å². The van der Waals surface area contributed by atoms with Gasteiger partial charge < -0.3 is 24.3 Å². The van der Waals surface area contributed by atoms with Crippen molar-refractivity contribution in [2.24, 2.45) is 0 Å². The number of ether oxygens (including phenoxy) is 4. The lowest BCUT2D eigenvalue weighted by Gasteiger charge is -2.18. The molecule has 0 radical (unpaired) electrons. The van der Waals surface area contributed by atoms with Crippen LogP contribution in [0.3, 0.4) is 0 Å². The van der Waals surface area contributed by atoms with Gasteiger partial charge in [-0.25, -0.2) is 4.79 Å². The number of esters is 1. The fraction of sp³-hybridized carbons (Fsp3) is 0.300. The number of carbonyl (C=O) groups is 2. The van der Waals surface area contributed by atoms with Crippen LogP contribution in [0.5, 0.6) is 17.2 Å². The van der Waals surface area contributed by atoms with Crippen molar-refractivity contribution in [3.05, 3.63) is 47.5 Å². The predicted octanol–water partition coefficient (Wildman–Crippen LogP) is 3.20. The number of anilines is 1. The Morgan fingerprint density at radius 2 is 1.59 bits per heavy atom. The maximum Gasteiger partial charge on any atom is 0.337 e. The minimum Gasteiger partial charge on any atom is -0.495 e. The molecule has 0 aromatic heterocycles. The Kier molecular flexibility index (Phi) is 6.65. The number of benzene rings is 2. The van der Waals surface area contributed by atoms with Crippen LogP contribution in [-0.2, 0) is 9.53 Å². The average Bonchev–Trinajstić information content (AvgIpc) is 2.67. The van der Waals surface area contributed by atoms with Crippen molar-refractivity contribution in [1.82, 2.24) is 0 Å². The molecule has 1 atom stereocenters. The number of methoxy groups -OCH3 is 3. The van der Waals surface area contributed by atoms with Crippen LogP contribution in [0, 0.1) is 6.92 Å². The molecule has 144 valence electrons. The highest BCUT2D eigenvalue weighted by Gasteiger charge is 2.19. The second-order valence-corrected chi connectivity index (χ2v) is 5.81.